The van der Waals surface area contributed by atoms with E-state index in [0.29, 0.717) is 6.61 Å². The zero-order valence-electron chi connectivity index (χ0n) is 13.6. The summed E-state index contributed by atoms with van der Waals surface area (Å²) in [7, 11) is 0. The molecular weight excluding hydrogens is 320 g/mol. The first-order valence-corrected chi connectivity index (χ1v) is 8.75. The number of halogens is 1. The molecule has 0 spiro atoms. The van der Waals surface area contributed by atoms with Crippen LogP contribution >= 0.6 is 11.6 Å². The zero-order valence-corrected chi connectivity index (χ0v) is 14.4. The first kappa shape index (κ1) is 15.3. The average molecular weight is 339 g/mol. The quantitative estimate of drug-likeness (QED) is 0.663. The Hall–Kier alpha value is -2.26. The minimum atomic E-state index is 0.624. The fraction of sp³-hybridized carbons (Fsp3) is 0.250. The molecule has 4 heteroatoms. The Balaban J connectivity index is 1.97. The number of aromatic nitrogens is 2. The van der Waals surface area contributed by atoms with Gasteiger partial charge in [0, 0.05) is 16.1 Å². The number of rotatable bonds is 4. The monoisotopic (exact) mass is 338 g/mol. The molecule has 24 heavy (non-hydrogen) atoms. The van der Waals surface area contributed by atoms with Gasteiger partial charge in [0.25, 0.3) is 0 Å². The van der Waals surface area contributed by atoms with Crippen LogP contribution in [0.15, 0.2) is 48.5 Å². The third kappa shape index (κ3) is 2.49. The fourth-order valence-corrected chi connectivity index (χ4v) is 3.63. The molecule has 0 saturated carbocycles. The lowest BCUT2D eigenvalue weighted by Crippen LogP contribution is -2.05. The van der Waals surface area contributed by atoms with E-state index in [1.807, 2.05) is 54.1 Å². The Bertz CT molecular complexity index is 885. The summed E-state index contributed by atoms with van der Waals surface area (Å²) in [5.41, 5.74) is 5.58. The van der Waals surface area contributed by atoms with E-state index in [1.165, 1.54) is 11.3 Å². The molecule has 1 heterocycles. The average Bonchev–Trinajstić information content (AvgIpc) is 3.17. The molecule has 4 rings (SSSR count). The Kier molecular flexibility index (Phi) is 4.03. The van der Waals surface area contributed by atoms with E-state index in [2.05, 4.69) is 6.07 Å². The summed E-state index contributed by atoms with van der Waals surface area (Å²) in [4.78, 5) is 0. The van der Waals surface area contributed by atoms with Crippen molar-refractivity contribution in [3.8, 4) is 22.7 Å². The molecule has 0 atom stereocenters. The SMILES string of the molecule is CCOc1ccccc1-n1nc2c(c1-c1ccccc1Cl)CCC2. The van der Waals surface area contributed by atoms with E-state index >= 15 is 0 Å². The summed E-state index contributed by atoms with van der Waals surface area (Å²) in [5.74, 6) is 0.842. The van der Waals surface area contributed by atoms with Crippen molar-refractivity contribution in [1.82, 2.24) is 9.78 Å². The number of nitrogens with zero attached hydrogens (tertiary/aromatic N) is 2. The van der Waals surface area contributed by atoms with Crippen molar-refractivity contribution in [1.29, 1.82) is 0 Å². The van der Waals surface area contributed by atoms with Gasteiger partial charge in [0.05, 0.1) is 18.0 Å². The van der Waals surface area contributed by atoms with Gasteiger partial charge in [0.2, 0.25) is 0 Å². The normalized spacial score (nSPS) is 13.1. The number of hydrogen-bond donors (Lipinski definition) is 0. The van der Waals surface area contributed by atoms with Crippen LogP contribution < -0.4 is 4.74 Å². The number of para-hydroxylation sites is 2. The fourth-order valence-electron chi connectivity index (χ4n) is 3.41. The molecule has 0 N–H and O–H groups in total. The number of hydrogen-bond acceptors (Lipinski definition) is 2. The molecule has 0 saturated heterocycles. The third-order valence-corrected chi connectivity index (χ3v) is 4.76. The van der Waals surface area contributed by atoms with E-state index in [1.54, 1.807) is 0 Å². The van der Waals surface area contributed by atoms with Gasteiger partial charge < -0.3 is 4.74 Å². The number of ether oxygens (including phenoxy) is 1. The van der Waals surface area contributed by atoms with Gasteiger partial charge in [-0.15, -0.1) is 0 Å². The summed E-state index contributed by atoms with van der Waals surface area (Å²) in [6.07, 6.45) is 3.23. The summed E-state index contributed by atoms with van der Waals surface area (Å²) in [6, 6.07) is 16.0. The number of fused-ring (bicyclic) bond motifs is 1. The van der Waals surface area contributed by atoms with Crippen LogP contribution in [0.4, 0.5) is 0 Å². The Morgan fingerprint density at radius 2 is 1.88 bits per heavy atom. The standard InChI is InChI=1S/C20H19ClN2O/c1-2-24-19-13-6-5-12-18(19)23-20(14-8-3-4-10-16(14)21)15-9-7-11-17(15)22-23/h3-6,8,10,12-13H,2,7,9,11H2,1H3. The first-order valence-electron chi connectivity index (χ1n) is 8.37. The molecule has 0 unspecified atom stereocenters. The molecular formula is C20H19ClN2O. The van der Waals surface area contributed by atoms with Crippen LogP contribution in [0.25, 0.3) is 16.9 Å². The molecule has 1 aliphatic carbocycles. The van der Waals surface area contributed by atoms with Crippen LogP contribution in [0.5, 0.6) is 5.75 Å². The second kappa shape index (κ2) is 6.33. The highest BCUT2D eigenvalue weighted by atomic mass is 35.5. The second-order valence-electron chi connectivity index (χ2n) is 5.92. The van der Waals surface area contributed by atoms with Crippen LogP contribution in [0.2, 0.25) is 5.02 Å². The van der Waals surface area contributed by atoms with Crippen LogP contribution in [-0.2, 0) is 12.8 Å². The van der Waals surface area contributed by atoms with Crippen LogP contribution in [0.3, 0.4) is 0 Å². The molecule has 0 amide bonds. The van der Waals surface area contributed by atoms with E-state index < -0.39 is 0 Å². The summed E-state index contributed by atoms with van der Waals surface area (Å²) in [6.45, 7) is 2.62. The first-order chi connectivity index (χ1) is 11.8. The molecule has 3 aromatic rings. The lowest BCUT2D eigenvalue weighted by Gasteiger charge is -2.14. The molecule has 0 radical (unpaired) electrons. The Morgan fingerprint density at radius 1 is 1.08 bits per heavy atom. The number of aryl methyl sites for hydroxylation is 1. The maximum absolute atomic E-state index is 6.51. The van der Waals surface area contributed by atoms with Crippen LogP contribution in [0, 0.1) is 0 Å². The Labute approximate surface area is 146 Å². The molecule has 0 bridgehead atoms. The van der Waals surface area contributed by atoms with Crippen LogP contribution in [-0.4, -0.2) is 16.4 Å². The second-order valence-corrected chi connectivity index (χ2v) is 6.33. The smallest absolute Gasteiger partial charge is 0.144 e. The molecule has 1 aliphatic rings. The summed E-state index contributed by atoms with van der Waals surface area (Å²) >= 11 is 6.51. The van der Waals surface area contributed by atoms with Gasteiger partial charge in [0.15, 0.2) is 0 Å². The lowest BCUT2D eigenvalue weighted by atomic mass is 10.1. The van der Waals surface area contributed by atoms with Gasteiger partial charge in [0.1, 0.15) is 11.4 Å². The molecule has 1 aromatic heterocycles. The van der Waals surface area contributed by atoms with E-state index in [-0.39, 0.29) is 0 Å². The van der Waals surface area contributed by atoms with Gasteiger partial charge in [-0.25, -0.2) is 4.68 Å². The van der Waals surface area contributed by atoms with Crippen molar-refractivity contribution < 1.29 is 4.74 Å². The minimum absolute atomic E-state index is 0.624. The van der Waals surface area contributed by atoms with Crippen LogP contribution in [0.1, 0.15) is 24.6 Å². The highest BCUT2D eigenvalue weighted by Crippen LogP contribution is 2.39. The molecule has 3 nitrogen and oxygen atoms in total. The van der Waals surface area contributed by atoms with E-state index in [0.717, 1.165) is 47.0 Å². The van der Waals surface area contributed by atoms with Gasteiger partial charge >= 0.3 is 0 Å². The van der Waals surface area contributed by atoms with Crippen molar-refractivity contribution >= 4 is 11.6 Å². The van der Waals surface area contributed by atoms with E-state index in [4.69, 9.17) is 21.4 Å². The van der Waals surface area contributed by atoms with E-state index in [9.17, 15) is 0 Å². The number of benzene rings is 2. The topological polar surface area (TPSA) is 27.1 Å². The van der Waals surface area contributed by atoms with Gasteiger partial charge in [-0.3, -0.25) is 0 Å². The van der Waals surface area contributed by atoms with Gasteiger partial charge in [-0.2, -0.15) is 5.10 Å². The largest absolute Gasteiger partial charge is 0.492 e. The Morgan fingerprint density at radius 3 is 2.71 bits per heavy atom. The molecule has 2 aromatic carbocycles. The maximum Gasteiger partial charge on any atom is 0.144 e. The predicted molar refractivity (Wildman–Crippen MR) is 97.2 cm³/mol. The van der Waals surface area contributed by atoms with Gasteiger partial charge in [-0.1, -0.05) is 41.9 Å². The predicted octanol–water partition coefficient (Wildman–Crippen LogP) is 5.08. The minimum Gasteiger partial charge on any atom is -0.492 e. The third-order valence-electron chi connectivity index (χ3n) is 4.43. The lowest BCUT2D eigenvalue weighted by molar-refractivity contribution is 0.338. The highest BCUT2D eigenvalue weighted by molar-refractivity contribution is 6.33. The molecule has 122 valence electrons. The van der Waals surface area contributed by atoms with Crippen molar-refractivity contribution in [2.75, 3.05) is 6.61 Å². The maximum atomic E-state index is 6.51. The highest BCUT2D eigenvalue weighted by Gasteiger charge is 2.26. The molecule has 0 fully saturated rings. The molecule has 0 aliphatic heterocycles. The van der Waals surface area contributed by atoms with Crippen molar-refractivity contribution in [2.24, 2.45) is 0 Å². The summed E-state index contributed by atoms with van der Waals surface area (Å²) < 4.78 is 7.83. The zero-order chi connectivity index (χ0) is 16.5. The van der Waals surface area contributed by atoms with Crippen molar-refractivity contribution in [3.63, 3.8) is 0 Å². The summed E-state index contributed by atoms with van der Waals surface area (Å²) in [5, 5.41) is 5.65. The van der Waals surface area contributed by atoms with Crippen molar-refractivity contribution in [2.45, 2.75) is 26.2 Å². The van der Waals surface area contributed by atoms with Gasteiger partial charge in [-0.05, 0) is 44.4 Å². The van der Waals surface area contributed by atoms with Crippen molar-refractivity contribution in [3.05, 3.63) is 64.8 Å².